The number of nitrogens with one attached hydrogen (secondary N) is 1. The van der Waals surface area contributed by atoms with Gasteiger partial charge in [-0.15, -0.1) is 0 Å². The first-order valence-corrected chi connectivity index (χ1v) is 7.99. The van der Waals surface area contributed by atoms with Gasteiger partial charge in [0.25, 0.3) is 5.91 Å². The summed E-state index contributed by atoms with van der Waals surface area (Å²) in [6.07, 6.45) is 1.77. The van der Waals surface area contributed by atoms with E-state index in [9.17, 15) is 19.1 Å². The van der Waals surface area contributed by atoms with E-state index in [-0.39, 0.29) is 18.0 Å². The standard InChI is InChI=1S/C17H21FN2O3/c1-11-6-8-17(9-7-11)15(22)20(16(23)19-17)10-14(21)12-4-2-3-5-13(12)18/h2-5,11,14,21H,6-10H2,1H3,(H,19,23). The van der Waals surface area contributed by atoms with Crippen molar-refractivity contribution in [2.75, 3.05) is 6.54 Å². The number of rotatable bonds is 3. The van der Waals surface area contributed by atoms with Crippen LogP contribution in [0.5, 0.6) is 0 Å². The second-order valence-electron chi connectivity index (χ2n) is 6.65. The van der Waals surface area contributed by atoms with Crippen molar-refractivity contribution < 1.29 is 19.1 Å². The summed E-state index contributed by atoms with van der Waals surface area (Å²) >= 11 is 0. The third-order valence-electron chi connectivity index (χ3n) is 4.99. The highest BCUT2D eigenvalue weighted by molar-refractivity contribution is 6.07. The Kier molecular flexibility index (Phi) is 4.10. The topological polar surface area (TPSA) is 69.6 Å². The predicted molar refractivity (Wildman–Crippen MR) is 82.0 cm³/mol. The second-order valence-corrected chi connectivity index (χ2v) is 6.65. The number of hydrogen-bond donors (Lipinski definition) is 2. The molecule has 1 aromatic carbocycles. The molecule has 23 heavy (non-hydrogen) atoms. The monoisotopic (exact) mass is 320 g/mol. The van der Waals surface area contributed by atoms with Crippen molar-refractivity contribution in [3.63, 3.8) is 0 Å². The molecule has 1 atom stereocenters. The number of aliphatic hydroxyl groups is 1. The molecule has 6 heteroatoms. The predicted octanol–water partition coefficient (Wildman–Crippen LogP) is 2.36. The molecule has 2 aliphatic rings. The summed E-state index contributed by atoms with van der Waals surface area (Å²) in [6.45, 7) is 1.90. The number of urea groups is 1. The van der Waals surface area contributed by atoms with E-state index in [1.165, 1.54) is 18.2 Å². The van der Waals surface area contributed by atoms with E-state index in [1.807, 2.05) is 0 Å². The van der Waals surface area contributed by atoms with Gasteiger partial charge in [-0.3, -0.25) is 9.69 Å². The highest BCUT2D eigenvalue weighted by Gasteiger charge is 2.52. The van der Waals surface area contributed by atoms with E-state index in [4.69, 9.17) is 0 Å². The van der Waals surface area contributed by atoms with Crippen LogP contribution >= 0.6 is 0 Å². The second kappa shape index (κ2) is 5.92. The molecule has 1 saturated carbocycles. The summed E-state index contributed by atoms with van der Waals surface area (Å²) in [4.78, 5) is 25.9. The van der Waals surface area contributed by atoms with E-state index in [0.717, 1.165) is 17.7 Å². The van der Waals surface area contributed by atoms with Crippen LogP contribution in [0.4, 0.5) is 9.18 Å². The zero-order valence-corrected chi connectivity index (χ0v) is 13.1. The van der Waals surface area contributed by atoms with Gasteiger partial charge in [0.15, 0.2) is 0 Å². The molecular formula is C17H21FN2O3. The molecular weight excluding hydrogens is 299 g/mol. The zero-order valence-electron chi connectivity index (χ0n) is 13.1. The maximum Gasteiger partial charge on any atom is 0.325 e. The SMILES string of the molecule is CC1CCC2(CC1)NC(=O)N(CC(O)c1ccccc1F)C2=O. The molecule has 0 bridgehead atoms. The van der Waals surface area contributed by atoms with Crippen LogP contribution in [0.1, 0.15) is 44.3 Å². The minimum atomic E-state index is -1.23. The number of aliphatic hydroxyl groups excluding tert-OH is 1. The Hall–Kier alpha value is -1.95. The summed E-state index contributed by atoms with van der Waals surface area (Å²) in [6, 6.07) is 5.33. The van der Waals surface area contributed by atoms with Crippen molar-refractivity contribution in [1.82, 2.24) is 10.2 Å². The van der Waals surface area contributed by atoms with Crippen LogP contribution in [0.15, 0.2) is 24.3 Å². The molecule has 5 nitrogen and oxygen atoms in total. The van der Waals surface area contributed by atoms with E-state index < -0.39 is 23.5 Å². The summed E-state index contributed by atoms with van der Waals surface area (Å²) in [5, 5.41) is 13.0. The fourth-order valence-corrected chi connectivity index (χ4v) is 3.45. The summed E-state index contributed by atoms with van der Waals surface area (Å²) < 4.78 is 13.7. The molecule has 0 aromatic heterocycles. The minimum absolute atomic E-state index is 0.0892. The Labute approximate surface area is 134 Å². The Morgan fingerprint density at radius 1 is 1.35 bits per heavy atom. The van der Waals surface area contributed by atoms with Gasteiger partial charge in [-0.25, -0.2) is 9.18 Å². The molecule has 1 heterocycles. The number of halogens is 1. The van der Waals surface area contributed by atoms with E-state index in [2.05, 4.69) is 12.2 Å². The maximum atomic E-state index is 13.7. The van der Waals surface area contributed by atoms with Crippen LogP contribution in [-0.2, 0) is 4.79 Å². The fraction of sp³-hybridized carbons (Fsp3) is 0.529. The first-order chi connectivity index (χ1) is 10.9. The van der Waals surface area contributed by atoms with Gasteiger partial charge in [0.2, 0.25) is 0 Å². The Morgan fingerprint density at radius 2 is 2.00 bits per heavy atom. The van der Waals surface area contributed by atoms with E-state index >= 15 is 0 Å². The van der Waals surface area contributed by atoms with Gasteiger partial charge < -0.3 is 10.4 Å². The fourth-order valence-electron chi connectivity index (χ4n) is 3.45. The quantitative estimate of drug-likeness (QED) is 0.840. The van der Waals surface area contributed by atoms with Gasteiger partial charge in [-0.2, -0.15) is 0 Å². The van der Waals surface area contributed by atoms with E-state index in [1.54, 1.807) is 6.07 Å². The number of amides is 3. The number of nitrogens with zero attached hydrogens (tertiary/aromatic N) is 1. The van der Waals surface area contributed by atoms with Crippen LogP contribution in [0.25, 0.3) is 0 Å². The average molecular weight is 320 g/mol. The van der Waals surface area contributed by atoms with Gasteiger partial charge >= 0.3 is 6.03 Å². The largest absolute Gasteiger partial charge is 0.386 e. The lowest BCUT2D eigenvalue weighted by molar-refractivity contribution is -0.133. The van der Waals surface area contributed by atoms with Gasteiger partial charge in [0.05, 0.1) is 12.6 Å². The smallest absolute Gasteiger partial charge is 0.325 e. The van der Waals surface area contributed by atoms with Crippen molar-refractivity contribution in [3.05, 3.63) is 35.6 Å². The molecule has 2 N–H and O–H groups in total. The first kappa shape index (κ1) is 15.9. The number of imide groups is 1. The van der Waals surface area contributed by atoms with Gasteiger partial charge in [-0.05, 0) is 37.7 Å². The third kappa shape index (κ3) is 2.83. The molecule has 1 aliphatic heterocycles. The number of carbonyl (C=O) groups excluding carboxylic acids is 2. The van der Waals surface area contributed by atoms with Crippen LogP contribution in [0.3, 0.4) is 0 Å². The highest BCUT2D eigenvalue weighted by atomic mass is 19.1. The van der Waals surface area contributed by atoms with Crippen molar-refractivity contribution in [2.45, 2.75) is 44.2 Å². The van der Waals surface area contributed by atoms with Crippen LogP contribution in [0.2, 0.25) is 0 Å². The molecule has 1 aromatic rings. The Bertz CT molecular complexity index is 626. The van der Waals surface area contributed by atoms with Gasteiger partial charge in [0, 0.05) is 5.56 Å². The molecule has 1 saturated heterocycles. The Morgan fingerprint density at radius 3 is 2.65 bits per heavy atom. The first-order valence-electron chi connectivity index (χ1n) is 7.99. The summed E-state index contributed by atoms with van der Waals surface area (Å²) in [5.74, 6) is -0.304. The van der Waals surface area contributed by atoms with Gasteiger partial charge in [0.1, 0.15) is 11.4 Å². The molecule has 1 aliphatic carbocycles. The van der Waals surface area contributed by atoms with Crippen LogP contribution < -0.4 is 5.32 Å². The summed E-state index contributed by atoms with van der Waals surface area (Å²) in [7, 11) is 0. The van der Waals surface area contributed by atoms with Crippen LogP contribution in [-0.4, -0.2) is 34.0 Å². The number of β-amino-alcohol motifs (C(OH)–C–C–N with tert-alkyl or cyclic N) is 1. The lowest BCUT2D eigenvalue weighted by atomic mass is 9.77. The summed E-state index contributed by atoms with van der Waals surface area (Å²) in [5.41, 5.74) is -0.746. The molecule has 0 radical (unpaired) electrons. The van der Waals surface area contributed by atoms with Crippen molar-refractivity contribution in [3.8, 4) is 0 Å². The van der Waals surface area contributed by atoms with Crippen molar-refractivity contribution in [1.29, 1.82) is 0 Å². The van der Waals surface area contributed by atoms with Crippen molar-refractivity contribution in [2.24, 2.45) is 5.92 Å². The lowest BCUT2D eigenvalue weighted by Crippen LogP contribution is -2.49. The molecule has 1 spiro atoms. The molecule has 3 amide bonds. The lowest BCUT2D eigenvalue weighted by Gasteiger charge is -2.33. The van der Waals surface area contributed by atoms with Crippen molar-refractivity contribution >= 4 is 11.9 Å². The van der Waals surface area contributed by atoms with Crippen LogP contribution in [0, 0.1) is 11.7 Å². The molecule has 3 rings (SSSR count). The number of carbonyl (C=O) groups is 2. The molecule has 124 valence electrons. The Balaban J connectivity index is 1.75. The minimum Gasteiger partial charge on any atom is -0.386 e. The number of benzene rings is 1. The maximum absolute atomic E-state index is 13.7. The normalized spacial score (nSPS) is 29.0. The average Bonchev–Trinajstić information content (AvgIpc) is 2.75. The highest BCUT2D eigenvalue weighted by Crippen LogP contribution is 2.36. The molecule has 2 fully saturated rings. The third-order valence-corrected chi connectivity index (χ3v) is 4.99. The zero-order chi connectivity index (χ0) is 16.6. The molecule has 1 unspecified atom stereocenters. The van der Waals surface area contributed by atoms with Gasteiger partial charge in [-0.1, -0.05) is 25.1 Å². The number of hydrogen-bond acceptors (Lipinski definition) is 3. The van der Waals surface area contributed by atoms with E-state index in [0.29, 0.717) is 18.8 Å².